The van der Waals surface area contributed by atoms with Gasteiger partial charge in [-0.25, -0.2) is 4.79 Å². The van der Waals surface area contributed by atoms with Gasteiger partial charge in [0.05, 0.1) is 0 Å². The van der Waals surface area contributed by atoms with E-state index in [1.54, 1.807) is 13.8 Å². The van der Waals surface area contributed by atoms with Crippen molar-refractivity contribution in [2.45, 2.75) is 26.0 Å². The Hall–Kier alpha value is -2.37. The maximum Gasteiger partial charge on any atom is 0.408 e. The number of alkyl carbamates (subject to hydrolysis) is 1. The van der Waals surface area contributed by atoms with Crippen molar-refractivity contribution in [1.29, 1.82) is 0 Å². The average Bonchev–Trinajstić information content (AvgIpc) is 2.92. The molecular weight excluding hydrogens is 246 g/mol. The molecule has 1 heterocycles. The van der Waals surface area contributed by atoms with E-state index in [0.29, 0.717) is 5.89 Å². The summed E-state index contributed by atoms with van der Waals surface area (Å²) in [6.45, 7) is 3.72. The number of ether oxygens (including phenoxy) is 1. The number of hydrogen-bond donors (Lipinski definition) is 1. The van der Waals surface area contributed by atoms with Crippen LogP contribution in [-0.4, -0.2) is 16.3 Å². The summed E-state index contributed by atoms with van der Waals surface area (Å²) >= 11 is 0. The fourth-order valence-corrected chi connectivity index (χ4v) is 1.51. The number of nitrogens with zero attached hydrogens (tertiary/aromatic N) is 2. The monoisotopic (exact) mass is 261 g/mol. The van der Waals surface area contributed by atoms with Crippen LogP contribution in [0.2, 0.25) is 0 Å². The molecule has 100 valence electrons. The maximum absolute atomic E-state index is 11.7. The third-order valence-corrected chi connectivity index (χ3v) is 2.52. The van der Waals surface area contributed by atoms with Gasteiger partial charge in [0.25, 0.3) is 0 Å². The van der Waals surface area contributed by atoms with Crippen molar-refractivity contribution in [2.24, 2.45) is 0 Å². The summed E-state index contributed by atoms with van der Waals surface area (Å²) in [7, 11) is 0. The van der Waals surface area contributed by atoms with Crippen molar-refractivity contribution in [3.05, 3.63) is 48.2 Å². The molecule has 0 atom stereocenters. The Morgan fingerprint density at radius 2 is 2.11 bits per heavy atom. The first-order valence-corrected chi connectivity index (χ1v) is 5.83. The van der Waals surface area contributed by atoms with Gasteiger partial charge in [-0.1, -0.05) is 30.3 Å². The molecule has 2 aromatic rings. The molecule has 0 aliphatic heterocycles. The van der Waals surface area contributed by atoms with Gasteiger partial charge in [0.1, 0.15) is 12.1 Å². The molecule has 0 radical (unpaired) electrons. The van der Waals surface area contributed by atoms with Crippen LogP contribution in [0.1, 0.15) is 25.3 Å². The summed E-state index contributed by atoms with van der Waals surface area (Å²) in [5.74, 6) is 0.323. The maximum atomic E-state index is 11.7. The second-order valence-corrected chi connectivity index (χ2v) is 4.56. The molecule has 1 aromatic heterocycles. The summed E-state index contributed by atoms with van der Waals surface area (Å²) in [5, 5.41) is 10.0. The smallest absolute Gasteiger partial charge is 0.408 e. The van der Waals surface area contributed by atoms with E-state index in [2.05, 4.69) is 15.5 Å². The van der Waals surface area contributed by atoms with Gasteiger partial charge in [-0.2, -0.15) is 0 Å². The molecule has 19 heavy (non-hydrogen) atoms. The number of benzene rings is 1. The highest BCUT2D eigenvalue weighted by atomic mass is 16.5. The Morgan fingerprint density at radius 1 is 1.37 bits per heavy atom. The molecule has 0 spiro atoms. The van der Waals surface area contributed by atoms with E-state index < -0.39 is 11.6 Å². The van der Waals surface area contributed by atoms with E-state index in [1.807, 2.05) is 30.3 Å². The third kappa shape index (κ3) is 3.54. The van der Waals surface area contributed by atoms with E-state index in [1.165, 1.54) is 6.39 Å². The molecule has 1 N–H and O–H groups in total. The minimum Gasteiger partial charge on any atom is -0.445 e. The minimum absolute atomic E-state index is 0.215. The lowest BCUT2D eigenvalue weighted by molar-refractivity contribution is 0.126. The summed E-state index contributed by atoms with van der Waals surface area (Å²) < 4.78 is 10.2. The van der Waals surface area contributed by atoms with Crippen LogP contribution in [0.5, 0.6) is 0 Å². The Balaban J connectivity index is 1.88. The molecule has 0 fully saturated rings. The zero-order chi connectivity index (χ0) is 13.7. The first-order chi connectivity index (χ1) is 9.08. The highest BCUT2D eigenvalue weighted by molar-refractivity contribution is 5.68. The van der Waals surface area contributed by atoms with E-state index in [9.17, 15) is 4.79 Å². The van der Waals surface area contributed by atoms with Crippen molar-refractivity contribution < 1.29 is 13.9 Å². The second-order valence-electron chi connectivity index (χ2n) is 4.56. The predicted octanol–water partition coefficient (Wildman–Crippen LogP) is 2.23. The van der Waals surface area contributed by atoms with Crippen LogP contribution in [0.4, 0.5) is 4.79 Å². The molecule has 0 aliphatic rings. The van der Waals surface area contributed by atoms with E-state index in [0.717, 1.165) is 5.56 Å². The zero-order valence-corrected chi connectivity index (χ0v) is 10.8. The topological polar surface area (TPSA) is 77.2 Å². The number of carbonyl (C=O) groups is 1. The average molecular weight is 261 g/mol. The van der Waals surface area contributed by atoms with Crippen LogP contribution in [-0.2, 0) is 16.9 Å². The fourth-order valence-electron chi connectivity index (χ4n) is 1.51. The molecule has 2 rings (SSSR count). The van der Waals surface area contributed by atoms with E-state index in [4.69, 9.17) is 9.15 Å². The molecule has 0 aliphatic carbocycles. The first-order valence-electron chi connectivity index (χ1n) is 5.83. The number of hydrogen-bond acceptors (Lipinski definition) is 5. The van der Waals surface area contributed by atoms with Gasteiger partial charge >= 0.3 is 6.09 Å². The number of rotatable bonds is 4. The van der Waals surface area contributed by atoms with Crippen molar-refractivity contribution in [2.75, 3.05) is 0 Å². The Kier molecular flexibility index (Phi) is 3.79. The van der Waals surface area contributed by atoms with Crippen molar-refractivity contribution >= 4 is 6.09 Å². The molecule has 0 unspecified atom stereocenters. The summed E-state index contributed by atoms with van der Waals surface area (Å²) in [5.41, 5.74) is 0.151. The number of aromatic nitrogens is 2. The molecule has 0 saturated carbocycles. The van der Waals surface area contributed by atoms with Gasteiger partial charge in [-0.15, -0.1) is 10.2 Å². The summed E-state index contributed by atoms with van der Waals surface area (Å²) in [6, 6.07) is 9.45. The third-order valence-electron chi connectivity index (χ3n) is 2.52. The van der Waals surface area contributed by atoms with Gasteiger partial charge in [0.2, 0.25) is 12.3 Å². The number of carbonyl (C=O) groups excluding carboxylic acids is 1. The summed E-state index contributed by atoms with van der Waals surface area (Å²) in [6.07, 6.45) is 0.681. The first kappa shape index (κ1) is 13.1. The lowest BCUT2D eigenvalue weighted by atomic mass is 10.1. The van der Waals surface area contributed by atoms with Crippen molar-refractivity contribution in [1.82, 2.24) is 15.5 Å². The van der Waals surface area contributed by atoms with Crippen LogP contribution < -0.4 is 5.32 Å². The normalized spacial score (nSPS) is 11.1. The van der Waals surface area contributed by atoms with Gasteiger partial charge in [0.15, 0.2) is 0 Å². The van der Waals surface area contributed by atoms with Crippen LogP contribution in [0.15, 0.2) is 41.1 Å². The van der Waals surface area contributed by atoms with E-state index in [-0.39, 0.29) is 6.61 Å². The Morgan fingerprint density at radius 3 is 2.74 bits per heavy atom. The fraction of sp³-hybridized carbons (Fsp3) is 0.308. The molecule has 0 bridgehead atoms. The van der Waals surface area contributed by atoms with Gasteiger partial charge in [0, 0.05) is 0 Å². The van der Waals surface area contributed by atoms with Gasteiger partial charge in [-0.3, -0.25) is 0 Å². The zero-order valence-electron chi connectivity index (χ0n) is 10.8. The number of nitrogens with one attached hydrogen (secondary N) is 1. The SMILES string of the molecule is CC(C)(NC(=O)OCc1ccccc1)c1nnco1. The molecule has 1 amide bonds. The van der Waals surface area contributed by atoms with Crippen molar-refractivity contribution in [3.63, 3.8) is 0 Å². The largest absolute Gasteiger partial charge is 0.445 e. The van der Waals surface area contributed by atoms with E-state index >= 15 is 0 Å². The molecular formula is C13H15N3O3. The highest BCUT2D eigenvalue weighted by Gasteiger charge is 2.28. The quantitative estimate of drug-likeness (QED) is 0.913. The van der Waals surface area contributed by atoms with Crippen LogP contribution in [0.3, 0.4) is 0 Å². The lowest BCUT2D eigenvalue weighted by Gasteiger charge is -2.21. The predicted molar refractivity (Wildman–Crippen MR) is 67.1 cm³/mol. The van der Waals surface area contributed by atoms with Crippen LogP contribution in [0, 0.1) is 0 Å². The van der Waals surface area contributed by atoms with Crippen molar-refractivity contribution in [3.8, 4) is 0 Å². The number of amides is 1. The highest BCUT2D eigenvalue weighted by Crippen LogP contribution is 2.16. The Labute approximate surface area is 110 Å². The Bertz CT molecular complexity index is 523. The van der Waals surface area contributed by atoms with Crippen LogP contribution in [0.25, 0.3) is 0 Å². The van der Waals surface area contributed by atoms with Gasteiger partial charge < -0.3 is 14.5 Å². The standard InChI is InChI=1S/C13H15N3O3/c1-13(2,11-16-14-9-19-11)15-12(17)18-8-10-6-4-3-5-7-10/h3-7,9H,8H2,1-2H3,(H,15,17). The molecule has 6 heteroatoms. The van der Waals surface area contributed by atoms with Gasteiger partial charge in [-0.05, 0) is 19.4 Å². The molecule has 0 saturated heterocycles. The molecule has 1 aromatic carbocycles. The molecule has 6 nitrogen and oxygen atoms in total. The van der Waals surface area contributed by atoms with Crippen LogP contribution >= 0.6 is 0 Å². The minimum atomic E-state index is -0.774. The second kappa shape index (κ2) is 5.51. The summed E-state index contributed by atoms with van der Waals surface area (Å²) in [4.78, 5) is 11.7. The lowest BCUT2D eigenvalue weighted by Crippen LogP contribution is -2.41.